The highest BCUT2D eigenvalue weighted by Crippen LogP contribution is 2.39. The van der Waals surface area contributed by atoms with Crippen molar-refractivity contribution in [1.29, 1.82) is 0 Å². The topological polar surface area (TPSA) is 74.1 Å². The number of methoxy groups -OCH3 is 1. The molecular weight excluding hydrogens is 469 g/mol. The number of anilines is 1. The summed E-state index contributed by atoms with van der Waals surface area (Å²) in [5.74, 6) is 2.19. The summed E-state index contributed by atoms with van der Waals surface area (Å²) >= 11 is 0. The molecule has 37 heavy (non-hydrogen) atoms. The molecule has 0 spiro atoms. The zero-order valence-corrected chi connectivity index (χ0v) is 20.9. The molecule has 0 radical (unpaired) electrons. The van der Waals surface area contributed by atoms with Crippen LogP contribution in [0.3, 0.4) is 0 Å². The lowest BCUT2D eigenvalue weighted by atomic mass is 9.93. The number of imidazole rings is 1. The number of hydrogen-bond acceptors (Lipinski definition) is 6. The van der Waals surface area contributed by atoms with Gasteiger partial charge in [-0.25, -0.2) is 19.3 Å². The van der Waals surface area contributed by atoms with Crippen molar-refractivity contribution in [3.63, 3.8) is 0 Å². The fraction of sp³-hybridized carbons (Fsp3) is 0.345. The summed E-state index contributed by atoms with van der Waals surface area (Å²) in [7, 11) is 1.66. The second-order valence-corrected chi connectivity index (χ2v) is 9.70. The van der Waals surface area contributed by atoms with Gasteiger partial charge in [-0.3, -0.25) is 0 Å². The predicted molar refractivity (Wildman–Crippen MR) is 140 cm³/mol. The number of nitrogens with zero attached hydrogens (tertiary/aromatic N) is 4. The van der Waals surface area contributed by atoms with Crippen LogP contribution in [0.4, 0.5) is 10.3 Å². The third kappa shape index (κ3) is 4.93. The lowest BCUT2D eigenvalue weighted by Gasteiger charge is -2.26. The van der Waals surface area contributed by atoms with Crippen LogP contribution in [0.15, 0.2) is 60.8 Å². The minimum atomic E-state index is -0.268. The van der Waals surface area contributed by atoms with E-state index in [0.29, 0.717) is 25.2 Å². The van der Waals surface area contributed by atoms with Gasteiger partial charge in [-0.05, 0) is 73.7 Å². The first-order valence-electron chi connectivity index (χ1n) is 12.9. The SMILES string of the molecule is COc1ccc(COC[C@H]2CCc3nc(-c4ccc(F)cc4)c(-c4ccnc(NC5CCC5)n4)n32)cc1. The van der Waals surface area contributed by atoms with E-state index in [1.54, 1.807) is 25.4 Å². The first-order valence-corrected chi connectivity index (χ1v) is 12.9. The smallest absolute Gasteiger partial charge is 0.223 e. The Balaban J connectivity index is 1.30. The molecular formula is C29H30FN5O2. The van der Waals surface area contributed by atoms with E-state index in [1.165, 1.54) is 18.6 Å². The van der Waals surface area contributed by atoms with Crippen molar-refractivity contribution in [1.82, 2.24) is 19.5 Å². The molecule has 1 N–H and O–H groups in total. The van der Waals surface area contributed by atoms with Crippen molar-refractivity contribution >= 4 is 5.95 Å². The van der Waals surface area contributed by atoms with Crippen LogP contribution in [0.25, 0.3) is 22.6 Å². The molecule has 2 aromatic carbocycles. The number of aromatic nitrogens is 4. The molecule has 190 valence electrons. The van der Waals surface area contributed by atoms with Gasteiger partial charge in [-0.2, -0.15) is 0 Å². The van der Waals surface area contributed by atoms with E-state index in [1.807, 2.05) is 30.3 Å². The highest BCUT2D eigenvalue weighted by atomic mass is 19.1. The third-order valence-electron chi connectivity index (χ3n) is 7.24. The maximum atomic E-state index is 13.7. The van der Waals surface area contributed by atoms with Crippen molar-refractivity contribution in [2.24, 2.45) is 0 Å². The van der Waals surface area contributed by atoms with Gasteiger partial charge in [0.25, 0.3) is 0 Å². The molecule has 2 aromatic heterocycles. The Hall–Kier alpha value is -3.78. The van der Waals surface area contributed by atoms with Gasteiger partial charge in [-0.15, -0.1) is 0 Å². The van der Waals surface area contributed by atoms with E-state index in [9.17, 15) is 4.39 Å². The molecule has 6 rings (SSSR count). The van der Waals surface area contributed by atoms with Gasteiger partial charge in [0.15, 0.2) is 0 Å². The number of ether oxygens (including phenoxy) is 2. The molecule has 0 bridgehead atoms. The monoisotopic (exact) mass is 499 g/mol. The van der Waals surface area contributed by atoms with Gasteiger partial charge >= 0.3 is 0 Å². The van der Waals surface area contributed by atoms with Crippen molar-refractivity contribution < 1.29 is 13.9 Å². The van der Waals surface area contributed by atoms with E-state index >= 15 is 0 Å². The molecule has 1 fully saturated rings. The summed E-state index contributed by atoms with van der Waals surface area (Å²) in [4.78, 5) is 14.4. The number of halogens is 1. The Labute approximate surface area is 215 Å². The van der Waals surface area contributed by atoms with Crippen LogP contribution in [0, 0.1) is 5.82 Å². The summed E-state index contributed by atoms with van der Waals surface area (Å²) < 4.78 is 27.4. The summed E-state index contributed by atoms with van der Waals surface area (Å²) in [5.41, 5.74) is 4.50. The maximum absolute atomic E-state index is 13.7. The Bertz CT molecular complexity index is 1370. The average molecular weight is 500 g/mol. The van der Waals surface area contributed by atoms with Gasteiger partial charge in [0.05, 0.1) is 43.4 Å². The number of fused-ring (bicyclic) bond motifs is 1. The van der Waals surface area contributed by atoms with Crippen LogP contribution in [-0.2, 0) is 17.8 Å². The van der Waals surface area contributed by atoms with Crippen molar-refractivity contribution in [2.45, 2.75) is 50.8 Å². The molecule has 1 aliphatic carbocycles. The zero-order chi connectivity index (χ0) is 25.2. The number of hydrogen-bond donors (Lipinski definition) is 1. The van der Waals surface area contributed by atoms with Gasteiger partial charge in [0.1, 0.15) is 17.4 Å². The van der Waals surface area contributed by atoms with Crippen LogP contribution < -0.4 is 10.1 Å². The normalized spacial score (nSPS) is 16.9. The molecule has 2 aliphatic rings. The largest absolute Gasteiger partial charge is 0.497 e. The van der Waals surface area contributed by atoms with E-state index in [0.717, 1.165) is 65.5 Å². The van der Waals surface area contributed by atoms with Crippen molar-refractivity contribution in [3.8, 4) is 28.4 Å². The minimum Gasteiger partial charge on any atom is -0.497 e. The molecule has 4 aromatic rings. The van der Waals surface area contributed by atoms with E-state index < -0.39 is 0 Å². The standard InChI is InChI=1S/C29H30FN5O2/c1-36-24-12-5-19(6-13-24)17-37-18-23-11-14-26-34-27(20-7-9-21(30)10-8-20)28(35(23)26)25-15-16-31-29(33-25)32-22-3-2-4-22/h5-10,12-13,15-16,22-23H,2-4,11,14,17-18H2,1H3,(H,31,32,33)/t23-/m1/s1. The molecule has 3 heterocycles. The van der Waals surface area contributed by atoms with Crippen molar-refractivity contribution in [3.05, 3.63) is 78.0 Å². The Morgan fingerprint density at radius 2 is 1.81 bits per heavy atom. The van der Waals surface area contributed by atoms with E-state index in [2.05, 4.69) is 14.9 Å². The minimum absolute atomic E-state index is 0.128. The quantitative estimate of drug-likeness (QED) is 0.313. The van der Waals surface area contributed by atoms with Gasteiger partial charge in [0.2, 0.25) is 5.95 Å². The summed E-state index contributed by atoms with van der Waals surface area (Å²) in [6, 6.07) is 16.9. The fourth-order valence-corrected chi connectivity index (χ4v) is 5.01. The summed E-state index contributed by atoms with van der Waals surface area (Å²) in [6.45, 7) is 1.08. The van der Waals surface area contributed by atoms with Crippen LogP contribution >= 0.6 is 0 Å². The molecule has 1 saturated carbocycles. The number of benzene rings is 2. The van der Waals surface area contributed by atoms with Crippen molar-refractivity contribution in [2.75, 3.05) is 19.0 Å². The molecule has 1 atom stereocenters. The number of rotatable bonds is 9. The zero-order valence-electron chi connectivity index (χ0n) is 20.9. The van der Waals surface area contributed by atoms with Gasteiger partial charge < -0.3 is 19.4 Å². The second-order valence-electron chi connectivity index (χ2n) is 9.70. The summed E-state index contributed by atoms with van der Waals surface area (Å²) in [5, 5.41) is 3.45. The highest BCUT2D eigenvalue weighted by Gasteiger charge is 2.31. The van der Waals surface area contributed by atoms with E-state index in [-0.39, 0.29) is 11.9 Å². The predicted octanol–water partition coefficient (Wildman–Crippen LogP) is 5.82. The number of nitrogens with one attached hydrogen (secondary N) is 1. The van der Waals surface area contributed by atoms with Crippen LogP contribution in [-0.4, -0.2) is 39.3 Å². The highest BCUT2D eigenvalue weighted by molar-refractivity contribution is 5.78. The van der Waals surface area contributed by atoms with Gasteiger partial charge in [0, 0.05) is 24.2 Å². The Kier molecular flexibility index (Phi) is 6.57. The van der Waals surface area contributed by atoms with Crippen LogP contribution in [0.5, 0.6) is 5.75 Å². The third-order valence-corrected chi connectivity index (χ3v) is 7.24. The lowest BCUT2D eigenvalue weighted by Crippen LogP contribution is -2.28. The molecule has 7 nitrogen and oxygen atoms in total. The van der Waals surface area contributed by atoms with Crippen LogP contribution in [0.1, 0.15) is 43.1 Å². The Morgan fingerprint density at radius 1 is 1.00 bits per heavy atom. The Morgan fingerprint density at radius 3 is 2.54 bits per heavy atom. The maximum Gasteiger partial charge on any atom is 0.223 e. The molecule has 0 unspecified atom stereocenters. The van der Waals surface area contributed by atoms with Gasteiger partial charge in [-0.1, -0.05) is 12.1 Å². The molecule has 0 saturated heterocycles. The first kappa shape index (κ1) is 23.6. The first-order chi connectivity index (χ1) is 18.2. The number of aryl methyl sites for hydroxylation is 1. The summed E-state index contributed by atoms with van der Waals surface area (Å²) in [6.07, 6.45) is 7.11. The van der Waals surface area contributed by atoms with Crippen LogP contribution in [0.2, 0.25) is 0 Å². The lowest BCUT2D eigenvalue weighted by molar-refractivity contribution is 0.0924. The molecule has 0 amide bonds. The van der Waals surface area contributed by atoms with E-state index in [4.69, 9.17) is 19.4 Å². The molecule has 1 aliphatic heterocycles. The average Bonchev–Trinajstić information content (AvgIpc) is 3.47. The fourth-order valence-electron chi connectivity index (χ4n) is 5.01. The molecule has 8 heteroatoms. The second kappa shape index (κ2) is 10.3.